The minimum Gasteiger partial charge on any atom is -0.347 e. The van der Waals surface area contributed by atoms with Gasteiger partial charge < -0.3 is 5.32 Å². The van der Waals surface area contributed by atoms with Crippen LogP contribution < -0.4 is 5.32 Å². The Morgan fingerprint density at radius 1 is 1.38 bits per heavy atom. The number of aromatic nitrogens is 3. The highest BCUT2D eigenvalue weighted by molar-refractivity contribution is 7.10. The minimum absolute atomic E-state index is 0.185. The lowest BCUT2D eigenvalue weighted by Crippen LogP contribution is -2.41. The van der Waals surface area contributed by atoms with E-state index in [1.165, 1.54) is 17.7 Å². The van der Waals surface area contributed by atoms with Crippen LogP contribution in [0.2, 0.25) is 0 Å². The van der Waals surface area contributed by atoms with Gasteiger partial charge in [0, 0.05) is 11.4 Å². The van der Waals surface area contributed by atoms with Gasteiger partial charge in [-0.05, 0) is 64.1 Å². The number of amides is 1. The van der Waals surface area contributed by atoms with Crippen molar-refractivity contribution >= 4 is 17.2 Å². The number of piperidine rings is 1. The van der Waals surface area contributed by atoms with Crippen LogP contribution in [-0.4, -0.2) is 45.2 Å². The SMILES string of the molecule is CC1CCN(C(CNC(=O)c2ncn(C(C)(C)C)n2)c2cccs2)CC1. The highest BCUT2D eigenvalue weighted by Crippen LogP contribution is 2.29. The van der Waals surface area contributed by atoms with E-state index < -0.39 is 0 Å². The maximum atomic E-state index is 12.5. The van der Waals surface area contributed by atoms with Crippen molar-refractivity contribution in [1.29, 1.82) is 0 Å². The summed E-state index contributed by atoms with van der Waals surface area (Å²) in [6, 6.07) is 4.45. The highest BCUT2D eigenvalue weighted by Gasteiger charge is 2.26. The maximum absolute atomic E-state index is 12.5. The monoisotopic (exact) mass is 375 g/mol. The molecule has 0 radical (unpaired) electrons. The number of thiophene rings is 1. The average molecular weight is 376 g/mol. The summed E-state index contributed by atoms with van der Waals surface area (Å²) in [4.78, 5) is 20.5. The molecule has 142 valence electrons. The van der Waals surface area contributed by atoms with Gasteiger partial charge in [-0.2, -0.15) is 0 Å². The lowest BCUT2D eigenvalue weighted by molar-refractivity contribution is 0.0904. The van der Waals surface area contributed by atoms with Gasteiger partial charge in [0.05, 0.1) is 11.6 Å². The Labute approximate surface area is 159 Å². The molecule has 3 heterocycles. The summed E-state index contributed by atoms with van der Waals surface area (Å²) in [6.07, 6.45) is 4.05. The van der Waals surface area contributed by atoms with Crippen LogP contribution in [0.1, 0.15) is 62.1 Å². The number of carbonyl (C=O) groups is 1. The summed E-state index contributed by atoms with van der Waals surface area (Å²) >= 11 is 1.75. The number of rotatable bonds is 5. The Bertz CT molecular complexity index is 711. The van der Waals surface area contributed by atoms with Gasteiger partial charge in [0.1, 0.15) is 6.33 Å². The molecule has 2 aromatic rings. The first-order valence-electron chi connectivity index (χ1n) is 9.32. The van der Waals surface area contributed by atoms with E-state index in [1.54, 1.807) is 22.3 Å². The van der Waals surface area contributed by atoms with Crippen molar-refractivity contribution in [2.45, 2.75) is 52.1 Å². The van der Waals surface area contributed by atoms with Crippen molar-refractivity contribution in [2.75, 3.05) is 19.6 Å². The second kappa shape index (κ2) is 7.88. The summed E-state index contributed by atoms with van der Waals surface area (Å²) in [7, 11) is 0. The zero-order chi connectivity index (χ0) is 18.7. The molecule has 3 rings (SSSR count). The summed E-state index contributed by atoms with van der Waals surface area (Å²) < 4.78 is 1.73. The van der Waals surface area contributed by atoms with E-state index in [0.717, 1.165) is 19.0 Å². The van der Waals surface area contributed by atoms with Crippen LogP contribution in [0, 0.1) is 5.92 Å². The van der Waals surface area contributed by atoms with Crippen LogP contribution in [0.25, 0.3) is 0 Å². The molecule has 0 aliphatic carbocycles. The van der Waals surface area contributed by atoms with Gasteiger partial charge >= 0.3 is 0 Å². The van der Waals surface area contributed by atoms with Gasteiger partial charge in [-0.15, -0.1) is 16.4 Å². The van der Waals surface area contributed by atoms with Crippen molar-refractivity contribution in [3.05, 3.63) is 34.5 Å². The van der Waals surface area contributed by atoms with Crippen LogP contribution in [0.4, 0.5) is 0 Å². The Morgan fingerprint density at radius 3 is 2.69 bits per heavy atom. The van der Waals surface area contributed by atoms with Gasteiger partial charge in [-0.3, -0.25) is 9.69 Å². The first-order chi connectivity index (χ1) is 12.3. The number of nitrogens with zero attached hydrogens (tertiary/aromatic N) is 4. The third-order valence-corrected chi connectivity index (χ3v) is 5.94. The second-order valence-electron chi connectivity index (χ2n) is 8.14. The molecule has 1 saturated heterocycles. The Hall–Kier alpha value is -1.73. The van der Waals surface area contributed by atoms with Crippen molar-refractivity contribution in [2.24, 2.45) is 5.92 Å². The molecule has 7 heteroatoms. The molecule has 1 aliphatic heterocycles. The predicted molar refractivity (Wildman–Crippen MR) is 104 cm³/mol. The molecule has 1 unspecified atom stereocenters. The normalized spacial score (nSPS) is 18.0. The molecule has 6 nitrogen and oxygen atoms in total. The van der Waals surface area contributed by atoms with E-state index in [0.29, 0.717) is 6.54 Å². The number of carbonyl (C=O) groups excluding carboxylic acids is 1. The maximum Gasteiger partial charge on any atom is 0.291 e. The van der Waals surface area contributed by atoms with E-state index in [9.17, 15) is 4.79 Å². The third-order valence-electron chi connectivity index (χ3n) is 4.97. The molecule has 0 saturated carbocycles. The average Bonchev–Trinajstić information content (AvgIpc) is 3.28. The van der Waals surface area contributed by atoms with Crippen molar-refractivity contribution in [3.8, 4) is 0 Å². The van der Waals surface area contributed by atoms with E-state index in [1.807, 2.05) is 20.8 Å². The van der Waals surface area contributed by atoms with Crippen molar-refractivity contribution in [1.82, 2.24) is 25.0 Å². The fourth-order valence-electron chi connectivity index (χ4n) is 3.19. The topological polar surface area (TPSA) is 63.1 Å². The number of hydrogen-bond acceptors (Lipinski definition) is 5. The number of hydrogen-bond donors (Lipinski definition) is 1. The first kappa shape index (κ1) is 19.0. The first-order valence-corrected chi connectivity index (χ1v) is 10.2. The fraction of sp³-hybridized carbons (Fsp3) is 0.632. The Balaban J connectivity index is 1.66. The van der Waals surface area contributed by atoms with Crippen molar-refractivity contribution < 1.29 is 4.79 Å². The summed E-state index contributed by atoms with van der Waals surface area (Å²) in [6.45, 7) is 11.2. The van der Waals surface area contributed by atoms with Gasteiger partial charge in [0.2, 0.25) is 5.82 Å². The number of nitrogens with one attached hydrogen (secondary N) is 1. The predicted octanol–water partition coefficient (Wildman–Crippen LogP) is 3.30. The van der Waals surface area contributed by atoms with E-state index in [4.69, 9.17) is 0 Å². The largest absolute Gasteiger partial charge is 0.347 e. The smallest absolute Gasteiger partial charge is 0.291 e. The fourth-order valence-corrected chi connectivity index (χ4v) is 4.05. The van der Waals surface area contributed by atoms with E-state index in [2.05, 4.69) is 44.7 Å². The molecule has 1 amide bonds. The lowest BCUT2D eigenvalue weighted by atomic mass is 9.97. The molecule has 0 aromatic carbocycles. The molecule has 1 fully saturated rings. The molecule has 0 spiro atoms. The quantitative estimate of drug-likeness (QED) is 0.871. The molecular weight excluding hydrogens is 346 g/mol. The Morgan fingerprint density at radius 2 is 2.12 bits per heavy atom. The molecular formula is C19H29N5OS. The van der Waals surface area contributed by atoms with Gasteiger partial charge in [0.25, 0.3) is 5.91 Å². The van der Waals surface area contributed by atoms with Gasteiger partial charge in [-0.25, -0.2) is 9.67 Å². The van der Waals surface area contributed by atoms with Crippen LogP contribution in [0.3, 0.4) is 0 Å². The van der Waals surface area contributed by atoms with E-state index >= 15 is 0 Å². The van der Waals surface area contributed by atoms with Gasteiger partial charge in [0.15, 0.2) is 0 Å². The zero-order valence-electron chi connectivity index (χ0n) is 16.1. The molecule has 2 aromatic heterocycles. The van der Waals surface area contributed by atoms with Crippen LogP contribution >= 0.6 is 11.3 Å². The molecule has 26 heavy (non-hydrogen) atoms. The summed E-state index contributed by atoms with van der Waals surface area (Å²) in [5.74, 6) is 0.812. The number of likely N-dealkylation sites (tertiary alicyclic amines) is 1. The Kier molecular flexibility index (Phi) is 5.77. The molecule has 1 aliphatic rings. The minimum atomic E-state index is -0.208. The second-order valence-corrected chi connectivity index (χ2v) is 9.12. The zero-order valence-corrected chi connectivity index (χ0v) is 16.9. The lowest BCUT2D eigenvalue weighted by Gasteiger charge is -2.36. The third kappa shape index (κ3) is 4.51. The van der Waals surface area contributed by atoms with Crippen LogP contribution in [-0.2, 0) is 5.54 Å². The van der Waals surface area contributed by atoms with Crippen LogP contribution in [0.5, 0.6) is 0 Å². The van der Waals surface area contributed by atoms with E-state index in [-0.39, 0.29) is 23.3 Å². The van der Waals surface area contributed by atoms with Gasteiger partial charge in [-0.1, -0.05) is 13.0 Å². The van der Waals surface area contributed by atoms with Crippen LogP contribution in [0.15, 0.2) is 23.8 Å². The molecule has 1 atom stereocenters. The standard InChI is InChI=1S/C19H29N5OS/c1-14-7-9-23(10-8-14)15(16-6-5-11-26-16)12-20-18(25)17-21-13-24(22-17)19(2,3)4/h5-6,11,13-15H,7-10,12H2,1-4H3,(H,20,25). The summed E-state index contributed by atoms with van der Waals surface area (Å²) in [5, 5.41) is 9.48. The summed E-state index contributed by atoms with van der Waals surface area (Å²) in [5.41, 5.74) is -0.185. The molecule has 0 bridgehead atoms. The highest BCUT2D eigenvalue weighted by atomic mass is 32.1. The molecule has 1 N–H and O–H groups in total. The van der Waals surface area contributed by atoms with Crippen molar-refractivity contribution in [3.63, 3.8) is 0 Å².